The number of nitrogens with one attached hydrogen (secondary N) is 1. The second kappa shape index (κ2) is 17.5. The first kappa shape index (κ1) is 36.9. The summed E-state index contributed by atoms with van der Waals surface area (Å²) in [6.07, 6.45) is 0.525. The Kier molecular flexibility index (Phi) is 13.2. The van der Waals surface area contributed by atoms with Gasteiger partial charge in [0.25, 0.3) is 5.91 Å². The standard InChI is InChI=1S/C38H48N4O7/c1-38(2,3)49-37(47)42(22-10-15-34(43)44)27-28-16-18-30(19-17-28)35(45)40(4)25-26-41-23-20-31(21-24-41)48-36(46)39-33-14-9-8-13-32(33)29-11-6-5-7-12-29/h5-9,11-14,16-19,31H,10,15,20-27H2,1-4H3,(H,39,46)(H,43,44). The van der Waals surface area contributed by atoms with Gasteiger partial charge in [-0.15, -0.1) is 0 Å². The van der Waals surface area contributed by atoms with Gasteiger partial charge in [0.15, 0.2) is 0 Å². The second-order valence-corrected chi connectivity index (χ2v) is 13.3. The summed E-state index contributed by atoms with van der Waals surface area (Å²) < 4.78 is 11.3. The molecule has 11 nitrogen and oxygen atoms in total. The van der Waals surface area contributed by atoms with E-state index in [2.05, 4.69) is 10.2 Å². The van der Waals surface area contributed by atoms with Crippen molar-refractivity contribution in [1.82, 2.24) is 14.7 Å². The number of rotatable bonds is 13. The molecule has 4 rings (SSSR count). The number of likely N-dealkylation sites (tertiary alicyclic amines) is 1. The lowest BCUT2D eigenvalue weighted by atomic mass is 10.0. The number of piperidine rings is 1. The number of nitrogens with zero attached hydrogens (tertiary/aromatic N) is 3. The first-order valence-corrected chi connectivity index (χ1v) is 16.8. The van der Waals surface area contributed by atoms with Crippen LogP contribution in [0.4, 0.5) is 15.3 Å². The van der Waals surface area contributed by atoms with E-state index >= 15 is 0 Å². The van der Waals surface area contributed by atoms with E-state index in [1.54, 1.807) is 57.0 Å². The van der Waals surface area contributed by atoms with Crippen molar-refractivity contribution in [2.75, 3.05) is 45.1 Å². The Morgan fingerprint density at radius 1 is 0.898 bits per heavy atom. The zero-order chi connectivity index (χ0) is 35.4. The monoisotopic (exact) mass is 672 g/mol. The molecule has 1 aliphatic rings. The molecule has 0 atom stereocenters. The van der Waals surface area contributed by atoms with E-state index in [1.165, 1.54) is 4.90 Å². The van der Waals surface area contributed by atoms with Crippen LogP contribution in [0.15, 0.2) is 78.9 Å². The normalized spacial score (nSPS) is 13.7. The molecule has 0 bridgehead atoms. The minimum atomic E-state index is -0.920. The van der Waals surface area contributed by atoms with Crippen molar-refractivity contribution in [3.05, 3.63) is 90.0 Å². The van der Waals surface area contributed by atoms with E-state index in [9.17, 15) is 19.2 Å². The van der Waals surface area contributed by atoms with Gasteiger partial charge in [0.1, 0.15) is 11.7 Å². The van der Waals surface area contributed by atoms with Crippen LogP contribution in [0.5, 0.6) is 0 Å². The molecule has 3 aromatic carbocycles. The molecule has 0 radical (unpaired) electrons. The number of hydrogen-bond donors (Lipinski definition) is 2. The second-order valence-electron chi connectivity index (χ2n) is 13.3. The van der Waals surface area contributed by atoms with Crippen molar-refractivity contribution in [3.63, 3.8) is 0 Å². The highest BCUT2D eigenvalue weighted by molar-refractivity contribution is 5.94. The lowest BCUT2D eigenvalue weighted by molar-refractivity contribution is -0.137. The Bertz CT molecular complexity index is 1550. The maximum absolute atomic E-state index is 13.2. The number of para-hydroxylation sites is 1. The molecule has 1 aliphatic heterocycles. The molecule has 0 aromatic heterocycles. The van der Waals surface area contributed by atoms with E-state index in [0.29, 0.717) is 43.6 Å². The van der Waals surface area contributed by atoms with E-state index in [1.807, 2.05) is 54.6 Å². The maximum atomic E-state index is 13.2. The maximum Gasteiger partial charge on any atom is 0.411 e. The number of anilines is 1. The van der Waals surface area contributed by atoms with Gasteiger partial charge in [0.05, 0.1) is 5.69 Å². The Hall–Kier alpha value is -4.90. The lowest BCUT2D eigenvalue weighted by Gasteiger charge is -2.32. The number of benzene rings is 3. The van der Waals surface area contributed by atoms with Crippen molar-refractivity contribution in [1.29, 1.82) is 0 Å². The predicted octanol–water partition coefficient (Wildman–Crippen LogP) is 6.74. The van der Waals surface area contributed by atoms with Gasteiger partial charge in [-0.3, -0.25) is 14.9 Å². The SMILES string of the molecule is CN(CCN1CCC(OC(=O)Nc2ccccc2-c2ccccc2)CC1)C(=O)c1ccc(CN(CCCC(=O)O)C(=O)OC(C)(C)C)cc1. The minimum absolute atomic E-state index is 0.0486. The zero-order valence-corrected chi connectivity index (χ0v) is 28.9. The Labute approximate surface area is 288 Å². The average molecular weight is 673 g/mol. The molecular formula is C38H48N4O7. The summed E-state index contributed by atoms with van der Waals surface area (Å²) in [7, 11) is 1.77. The molecule has 3 aromatic rings. The highest BCUT2D eigenvalue weighted by Gasteiger charge is 2.25. The van der Waals surface area contributed by atoms with Crippen molar-refractivity contribution in [3.8, 4) is 11.1 Å². The topological polar surface area (TPSA) is 129 Å². The van der Waals surface area contributed by atoms with Gasteiger partial charge in [-0.2, -0.15) is 0 Å². The smallest absolute Gasteiger partial charge is 0.411 e. The van der Waals surface area contributed by atoms with Gasteiger partial charge in [0, 0.05) is 63.9 Å². The summed E-state index contributed by atoms with van der Waals surface area (Å²) in [4.78, 5) is 55.1. The van der Waals surface area contributed by atoms with Gasteiger partial charge in [-0.25, -0.2) is 9.59 Å². The number of ether oxygens (including phenoxy) is 2. The van der Waals surface area contributed by atoms with Crippen molar-refractivity contribution in [2.24, 2.45) is 0 Å². The van der Waals surface area contributed by atoms with Crippen LogP contribution in [0.3, 0.4) is 0 Å². The van der Waals surface area contributed by atoms with E-state index in [0.717, 1.165) is 29.8 Å². The lowest BCUT2D eigenvalue weighted by Crippen LogP contribution is -2.42. The number of aliphatic carboxylic acids is 1. The molecule has 0 unspecified atom stereocenters. The minimum Gasteiger partial charge on any atom is -0.481 e. The molecule has 3 amide bonds. The van der Waals surface area contributed by atoms with E-state index < -0.39 is 23.8 Å². The zero-order valence-electron chi connectivity index (χ0n) is 28.9. The number of amides is 3. The van der Waals surface area contributed by atoms with Crippen molar-refractivity contribution >= 4 is 29.8 Å². The third-order valence-corrected chi connectivity index (χ3v) is 8.20. The molecule has 49 heavy (non-hydrogen) atoms. The first-order chi connectivity index (χ1) is 23.4. The van der Waals surface area contributed by atoms with Crippen LogP contribution in [0.1, 0.15) is 62.4 Å². The number of carboxylic acids is 1. The first-order valence-electron chi connectivity index (χ1n) is 16.8. The molecular weight excluding hydrogens is 624 g/mol. The molecule has 1 fully saturated rings. The Morgan fingerprint density at radius 2 is 1.55 bits per heavy atom. The van der Waals surface area contributed by atoms with Crippen molar-refractivity contribution < 1.29 is 33.8 Å². The highest BCUT2D eigenvalue weighted by atomic mass is 16.6. The number of hydrogen-bond acceptors (Lipinski definition) is 7. The molecule has 1 saturated heterocycles. The van der Waals surface area contributed by atoms with Crippen LogP contribution < -0.4 is 5.32 Å². The van der Waals surface area contributed by atoms with Gasteiger partial charge in [-0.1, -0.05) is 60.7 Å². The van der Waals surface area contributed by atoms with E-state index in [-0.39, 0.29) is 31.5 Å². The molecule has 0 saturated carbocycles. The Morgan fingerprint density at radius 3 is 2.20 bits per heavy atom. The third kappa shape index (κ3) is 11.9. The molecule has 0 aliphatic carbocycles. The fourth-order valence-electron chi connectivity index (χ4n) is 5.57. The summed E-state index contributed by atoms with van der Waals surface area (Å²) in [6.45, 7) is 8.58. The van der Waals surface area contributed by atoms with Crippen molar-refractivity contribution in [2.45, 2.75) is 64.7 Å². The van der Waals surface area contributed by atoms with Gasteiger partial charge in [0.2, 0.25) is 0 Å². The predicted molar refractivity (Wildman–Crippen MR) is 188 cm³/mol. The van der Waals surface area contributed by atoms with Crippen LogP contribution in [0.25, 0.3) is 11.1 Å². The van der Waals surface area contributed by atoms with Gasteiger partial charge < -0.3 is 29.3 Å². The third-order valence-electron chi connectivity index (χ3n) is 8.20. The van der Waals surface area contributed by atoms with Crippen LogP contribution in [0, 0.1) is 0 Å². The number of carboxylic acid groups (broad SMARTS) is 1. The summed E-state index contributed by atoms with van der Waals surface area (Å²) >= 11 is 0. The van der Waals surface area contributed by atoms with Crippen LogP contribution in [-0.2, 0) is 20.8 Å². The average Bonchev–Trinajstić information content (AvgIpc) is 3.07. The largest absolute Gasteiger partial charge is 0.481 e. The summed E-state index contributed by atoms with van der Waals surface area (Å²) in [6, 6.07) is 24.6. The Balaban J connectivity index is 1.21. The fourth-order valence-corrected chi connectivity index (χ4v) is 5.57. The van der Waals surface area contributed by atoms with Crippen LogP contribution in [-0.4, -0.2) is 95.3 Å². The highest BCUT2D eigenvalue weighted by Crippen LogP contribution is 2.28. The molecule has 2 N–H and O–H groups in total. The number of carbonyl (C=O) groups is 4. The summed E-state index contributed by atoms with van der Waals surface area (Å²) in [5.41, 5.74) is 3.31. The summed E-state index contributed by atoms with van der Waals surface area (Å²) in [5, 5.41) is 11.9. The molecule has 11 heteroatoms. The van der Waals surface area contributed by atoms with Crippen LogP contribution >= 0.6 is 0 Å². The van der Waals surface area contributed by atoms with E-state index in [4.69, 9.17) is 14.6 Å². The van der Waals surface area contributed by atoms with Crippen LogP contribution in [0.2, 0.25) is 0 Å². The van der Waals surface area contributed by atoms with Gasteiger partial charge >= 0.3 is 18.2 Å². The summed E-state index contributed by atoms with van der Waals surface area (Å²) in [5.74, 6) is -1.03. The molecule has 262 valence electrons. The molecule has 1 heterocycles. The number of carbonyl (C=O) groups excluding carboxylic acids is 3. The number of likely N-dealkylation sites (N-methyl/N-ethyl adjacent to an activating group) is 1. The fraction of sp³-hybridized carbons (Fsp3) is 0.421. The van der Waals surface area contributed by atoms with Gasteiger partial charge in [-0.05, 0) is 69.4 Å². The quantitative estimate of drug-likeness (QED) is 0.204. The molecule has 0 spiro atoms.